The van der Waals surface area contributed by atoms with Crippen LogP contribution in [0.3, 0.4) is 0 Å². The van der Waals surface area contributed by atoms with E-state index in [4.69, 9.17) is 14.2 Å². The Morgan fingerprint density at radius 1 is 1.07 bits per heavy atom. The molecule has 1 N–H and O–H groups in total. The molecule has 0 fully saturated rings. The van der Waals surface area contributed by atoms with E-state index < -0.39 is 0 Å². The number of hydrogen-bond acceptors (Lipinski definition) is 6. The number of ether oxygens (including phenoxy) is 3. The van der Waals surface area contributed by atoms with Crippen LogP contribution in [0.15, 0.2) is 53.3 Å². The Morgan fingerprint density at radius 2 is 1.70 bits per heavy atom. The number of rotatable bonds is 6. The highest BCUT2D eigenvalue weighted by Crippen LogP contribution is 2.46. The maximum absolute atomic E-state index is 12.5. The first-order chi connectivity index (χ1) is 14.3. The van der Waals surface area contributed by atoms with Gasteiger partial charge in [0.2, 0.25) is 5.75 Å². The molecule has 0 spiro atoms. The highest BCUT2D eigenvalue weighted by molar-refractivity contribution is 5.96. The van der Waals surface area contributed by atoms with E-state index in [9.17, 15) is 4.79 Å². The quantitative estimate of drug-likeness (QED) is 0.581. The van der Waals surface area contributed by atoms with Crippen LogP contribution >= 0.6 is 0 Å². The number of amides is 1. The molecule has 1 heterocycles. The molecule has 1 aliphatic rings. The van der Waals surface area contributed by atoms with Crippen LogP contribution in [-0.4, -0.2) is 40.5 Å². The van der Waals surface area contributed by atoms with Gasteiger partial charge in [-0.3, -0.25) is 4.79 Å². The van der Waals surface area contributed by atoms with Gasteiger partial charge in [0.15, 0.2) is 11.5 Å². The normalized spacial score (nSPS) is 15.9. The monoisotopic (exact) mass is 409 g/mol. The van der Waals surface area contributed by atoms with Crippen LogP contribution in [0.1, 0.15) is 29.8 Å². The van der Waals surface area contributed by atoms with E-state index in [1.54, 1.807) is 18.3 Å². The number of fused-ring (bicyclic) bond motifs is 1. The minimum atomic E-state index is -0.383. The van der Waals surface area contributed by atoms with Crippen molar-refractivity contribution in [1.29, 1.82) is 0 Å². The van der Waals surface area contributed by atoms with Gasteiger partial charge in [-0.2, -0.15) is 5.10 Å². The van der Waals surface area contributed by atoms with E-state index in [-0.39, 0.29) is 11.3 Å². The number of para-hydroxylation sites is 1. The number of likely N-dealkylation sites (N-methyl/N-ethyl adjacent to an activating group) is 1. The topological polar surface area (TPSA) is 72.4 Å². The second-order valence-electron chi connectivity index (χ2n) is 7.39. The third kappa shape index (κ3) is 3.70. The number of carbonyl (C=O) groups excluding carboxylic acids is 1. The van der Waals surface area contributed by atoms with Crippen molar-refractivity contribution in [2.45, 2.75) is 19.3 Å². The Kier molecular flexibility index (Phi) is 6.01. The molecular formula is C23H27N3O4. The van der Waals surface area contributed by atoms with E-state index >= 15 is 0 Å². The zero-order chi connectivity index (χ0) is 21.9. The fourth-order valence-corrected chi connectivity index (χ4v) is 3.78. The summed E-state index contributed by atoms with van der Waals surface area (Å²) in [6, 6.07) is 11.5. The number of carbonyl (C=O) groups is 1. The lowest BCUT2D eigenvalue weighted by Crippen LogP contribution is -2.23. The van der Waals surface area contributed by atoms with Crippen LogP contribution in [0.5, 0.6) is 17.2 Å². The minimum absolute atomic E-state index is 0.155. The fraction of sp³-hybridized carbons (Fsp3) is 0.304. The smallest absolute Gasteiger partial charge is 0.271 e. The van der Waals surface area contributed by atoms with Crippen molar-refractivity contribution in [1.82, 2.24) is 5.43 Å². The van der Waals surface area contributed by atoms with Crippen LogP contribution in [0.25, 0.3) is 0 Å². The lowest BCUT2D eigenvalue weighted by atomic mass is 9.84. The molecule has 7 nitrogen and oxygen atoms in total. The number of hydrazone groups is 1. The molecule has 2 aromatic carbocycles. The first kappa shape index (κ1) is 21.2. The predicted molar refractivity (Wildman–Crippen MR) is 118 cm³/mol. The maximum atomic E-state index is 12.5. The van der Waals surface area contributed by atoms with Crippen LogP contribution in [0.4, 0.5) is 5.69 Å². The molecule has 0 saturated carbocycles. The highest BCUT2D eigenvalue weighted by atomic mass is 16.5. The lowest BCUT2D eigenvalue weighted by molar-refractivity contribution is 0.0954. The van der Waals surface area contributed by atoms with E-state index in [2.05, 4.69) is 41.4 Å². The van der Waals surface area contributed by atoms with Crippen LogP contribution < -0.4 is 24.5 Å². The van der Waals surface area contributed by atoms with Crippen molar-refractivity contribution < 1.29 is 19.0 Å². The number of hydrogen-bond donors (Lipinski definition) is 1. The first-order valence-electron chi connectivity index (χ1n) is 9.52. The van der Waals surface area contributed by atoms with Gasteiger partial charge in [-0.1, -0.05) is 32.0 Å². The molecule has 30 heavy (non-hydrogen) atoms. The van der Waals surface area contributed by atoms with E-state index in [0.717, 1.165) is 5.70 Å². The number of allylic oxidation sites excluding steroid dienone is 2. The molecule has 7 heteroatoms. The number of methoxy groups -OCH3 is 3. The molecule has 3 rings (SSSR count). The molecular weight excluding hydrogens is 382 g/mol. The van der Waals surface area contributed by atoms with Gasteiger partial charge in [-0.05, 0) is 29.8 Å². The Bertz CT molecular complexity index is 986. The molecule has 2 aromatic rings. The molecule has 1 amide bonds. The van der Waals surface area contributed by atoms with Gasteiger partial charge in [0.05, 0.1) is 21.3 Å². The molecule has 0 saturated heterocycles. The number of nitrogens with one attached hydrogen (secondary N) is 1. The minimum Gasteiger partial charge on any atom is -0.493 e. The van der Waals surface area contributed by atoms with E-state index in [0.29, 0.717) is 22.8 Å². The van der Waals surface area contributed by atoms with Crippen molar-refractivity contribution in [3.63, 3.8) is 0 Å². The summed E-state index contributed by atoms with van der Waals surface area (Å²) >= 11 is 0. The summed E-state index contributed by atoms with van der Waals surface area (Å²) in [6.07, 6.45) is 3.50. The van der Waals surface area contributed by atoms with Crippen LogP contribution in [0.2, 0.25) is 0 Å². The summed E-state index contributed by atoms with van der Waals surface area (Å²) in [5.74, 6) is 0.850. The summed E-state index contributed by atoms with van der Waals surface area (Å²) in [5.41, 5.74) is 6.25. The van der Waals surface area contributed by atoms with Crippen LogP contribution in [0, 0.1) is 0 Å². The van der Waals surface area contributed by atoms with Gasteiger partial charge < -0.3 is 19.1 Å². The summed E-state index contributed by atoms with van der Waals surface area (Å²) in [5, 5.41) is 4.09. The Labute approximate surface area is 176 Å². The zero-order valence-corrected chi connectivity index (χ0v) is 18.1. The number of nitrogens with zero attached hydrogens (tertiary/aromatic N) is 2. The largest absolute Gasteiger partial charge is 0.493 e. The molecule has 0 atom stereocenters. The van der Waals surface area contributed by atoms with Crippen molar-refractivity contribution in [3.8, 4) is 17.2 Å². The van der Waals surface area contributed by atoms with Crippen molar-refractivity contribution >= 4 is 17.8 Å². The molecule has 0 aromatic heterocycles. The van der Waals surface area contributed by atoms with Gasteiger partial charge in [-0.25, -0.2) is 5.43 Å². The second-order valence-corrected chi connectivity index (χ2v) is 7.39. The van der Waals surface area contributed by atoms with E-state index in [1.165, 1.54) is 32.6 Å². The van der Waals surface area contributed by atoms with Gasteiger partial charge in [0.1, 0.15) is 0 Å². The Balaban J connectivity index is 1.77. The molecule has 0 radical (unpaired) electrons. The third-order valence-electron chi connectivity index (χ3n) is 5.34. The SMILES string of the molecule is COc1cc(C(=O)N/N=C/C=C2/N(C)c3ccccc3C2(C)C)cc(OC)c1OC. The Hall–Kier alpha value is -3.48. The number of benzene rings is 2. The predicted octanol–water partition coefficient (Wildman–Crippen LogP) is 3.74. The molecule has 0 unspecified atom stereocenters. The van der Waals surface area contributed by atoms with Crippen LogP contribution in [-0.2, 0) is 5.41 Å². The Morgan fingerprint density at radius 3 is 2.27 bits per heavy atom. The molecule has 0 bridgehead atoms. The van der Waals surface area contributed by atoms with Crippen molar-refractivity contribution in [2.24, 2.45) is 5.10 Å². The van der Waals surface area contributed by atoms with Gasteiger partial charge >= 0.3 is 0 Å². The average Bonchev–Trinajstić information content (AvgIpc) is 2.95. The second kappa shape index (κ2) is 8.49. The molecule has 158 valence electrons. The zero-order valence-electron chi connectivity index (χ0n) is 18.1. The number of anilines is 1. The van der Waals surface area contributed by atoms with E-state index in [1.807, 2.05) is 25.3 Å². The molecule has 1 aliphatic heterocycles. The summed E-state index contributed by atoms with van der Waals surface area (Å²) in [6.45, 7) is 4.34. The standard InChI is InChI=1S/C23H27N3O4/c1-23(2)16-9-7-8-10-17(16)26(3)20(23)11-12-24-25-22(27)15-13-18(28-4)21(30-6)19(14-15)29-5/h7-14H,1-6H3,(H,25,27)/b20-11+,24-12+. The summed E-state index contributed by atoms with van der Waals surface area (Å²) in [4.78, 5) is 14.7. The van der Waals surface area contributed by atoms with Gasteiger partial charge in [0.25, 0.3) is 5.91 Å². The first-order valence-corrected chi connectivity index (χ1v) is 9.52. The van der Waals surface area contributed by atoms with Gasteiger partial charge in [0, 0.05) is 35.6 Å². The van der Waals surface area contributed by atoms with Gasteiger partial charge in [-0.15, -0.1) is 0 Å². The lowest BCUT2D eigenvalue weighted by Gasteiger charge is -2.23. The van der Waals surface area contributed by atoms with Crippen molar-refractivity contribution in [3.05, 3.63) is 59.3 Å². The van der Waals surface area contributed by atoms with Crippen molar-refractivity contribution in [2.75, 3.05) is 33.3 Å². The highest BCUT2D eigenvalue weighted by Gasteiger charge is 2.37. The maximum Gasteiger partial charge on any atom is 0.271 e. The summed E-state index contributed by atoms with van der Waals surface area (Å²) < 4.78 is 15.9. The third-order valence-corrected chi connectivity index (χ3v) is 5.34. The molecule has 0 aliphatic carbocycles. The average molecular weight is 409 g/mol. The summed E-state index contributed by atoms with van der Waals surface area (Å²) in [7, 11) is 6.54. The fourth-order valence-electron chi connectivity index (χ4n) is 3.78.